The Morgan fingerprint density at radius 3 is 2.35 bits per heavy atom. The number of hydrogen-bond acceptors (Lipinski definition) is 3. The molecule has 0 unspecified atom stereocenters. The van der Waals surface area contributed by atoms with Crippen LogP contribution in [0.5, 0.6) is 0 Å². The molecule has 1 aromatic carbocycles. The van der Waals surface area contributed by atoms with Crippen LogP contribution in [0, 0.1) is 12.7 Å². The molecule has 2 aliphatic rings. The van der Waals surface area contributed by atoms with Crippen LogP contribution in [0.15, 0.2) is 30.5 Å². The highest BCUT2D eigenvalue weighted by Crippen LogP contribution is 2.34. The molecular weight excluding hydrogens is 410 g/mol. The molecule has 1 aromatic heterocycles. The summed E-state index contributed by atoms with van der Waals surface area (Å²) in [4.78, 5) is 21.5. The highest BCUT2D eigenvalue weighted by atomic mass is 19.4. The number of aromatic nitrogens is 1. The number of pyridine rings is 1. The van der Waals surface area contributed by atoms with E-state index >= 15 is 0 Å². The lowest BCUT2D eigenvalue weighted by atomic mass is 10.0. The molecule has 8 heteroatoms. The van der Waals surface area contributed by atoms with Crippen LogP contribution in [0.1, 0.15) is 47.3 Å². The van der Waals surface area contributed by atoms with Gasteiger partial charge in [-0.15, -0.1) is 0 Å². The molecule has 4 nitrogen and oxygen atoms in total. The molecular formula is C23H25F4N3O. The third-order valence-electron chi connectivity index (χ3n) is 6.29. The van der Waals surface area contributed by atoms with Gasteiger partial charge in [-0.2, -0.15) is 13.2 Å². The fourth-order valence-corrected chi connectivity index (χ4v) is 4.56. The third-order valence-corrected chi connectivity index (χ3v) is 6.29. The Morgan fingerprint density at radius 2 is 1.74 bits per heavy atom. The molecule has 0 saturated carbocycles. The van der Waals surface area contributed by atoms with Crippen LogP contribution >= 0.6 is 0 Å². The Hall–Kier alpha value is -2.48. The predicted molar refractivity (Wildman–Crippen MR) is 109 cm³/mol. The normalized spacial score (nSPS) is 18.5. The van der Waals surface area contributed by atoms with Crippen LogP contribution in [0.4, 0.5) is 17.6 Å². The first-order chi connectivity index (χ1) is 14.7. The lowest BCUT2D eigenvalue weighted by Crippen LogP contribution is -2.46. The number of piperidine rings is 1. The van der Waals surface area contributed by atoms with E-state index in [-0.39, 0.29) is 22.7 Å². The Bertz CT molecular complexity index is 962. The summed E-state index contributed by atoms with van der Waals surface area (Å²) in [5, 5.41) is 0. The molecule has 4 rings (SSSR count). The van der Waals surface area contributed by atoms with Crippen LogP contribution in [-0.2, 0) is 6.18 Å². The number of amides is 1. The molecule has 31 heavy (non-hydrogen) atoms. The number of rotatable bonds is 3. The maximum atomic E-state index is 14.2. The van der Waals surface area contributed by atoms with E-state index in [0.717, 1.165) is 38.1 Å². The average molecular weight is 435 g/mol. The number of carbonyl (C=O) groups is 1. The maximum Gasteiger partial charge on any atom is 0.416 e. The summed E-state index contributed by atoms with van der Waals surface area (Å²) in [7, 11) is 0. The summed E-state index contributed by atoms with van der Waals surface area (Å²) in [6.07, 6.45) is 1.04. The highest BCUT2D eigenvalue weighted by molar-refractivity contribution is 5.94. The van der Waals surface area contributed by atoms with Crippen LogP contribution < -0.4 is 0 Å². The van der Waals surface area contributed by atoms with Crippen molar-refractivity contribution < 1.29 is 22.4 Å². The minimum atomic E-state index is -4.57. The van der Waals surface area contributed by atoms with E-state index in [1.54, 1.807) is 11.8 Å². The monoisotopic (exact) mass is 435 g/mol. The summed E-state index contributed by atoms with van der Waals surface area (Å²) in [6, 6.07) is 4.33. The zero-order valence-electron chi connectivity index (χ0n) is 17.4. The highest BCUT2D eigenvalue weighted by Gasteiger charge is 2.32. The van der Waals surface area contributed by atoms with Gasteiger partial charge < -0.3 is 9.80 Å². The fourth-order valence-electron chi connectivity index (χ4n) is 4.56. The van der Waals surface area contributed by atoms with Crippen LogP contribution in [-0.4, -0.2) is 52.9 Å². The summed E-state index contributed by atoms with van der Waals surface area (Å²) in [6.45, 7) is 5.25. The largest absolute Gasteiger partial charge is 0.416 e. The second-order valence-corrected chi connectivity index (χ2v) is 8.35. The minimum Gasteiger partial charge on any atom is -0.337 e. The smallest absolute Gasteiger partial charge is 0.337 e. The topological polar surface area (TPSA) is 36.4 Å². The SMILES string of the molecule is Cc1cc(-c2cc(C(F)(F)F)ccc2F)cnc1C(=O)N1CCC(N2CCCC2)CC1. The Balaban J connectivity index is 1.50. The molecule has 2 aliphatic heterocycles. The van der Waals surface area contributed by atoms with E-state index in [0.29, 0.717) is 30.8 Å². The summed E-state index contributed by atoms with van der Waals surface area (Å²) in [5.41, 5.74) is -0.124. The summed E-state index contributed by atoms with van der Waals surface area (Å²) >= 11 is 0. The molecule has 2 aromatic rings. The molecule has 0 N–H and O–H groups in total. The first kappa shape index (κ1) is 21.7. The second kappa shape index (κ2) is 8.57. The molecule has 0 atom stereocenters. The number of nitrogens with zero attached hydrogens (tertiary/aromatic N) is 3. The van der Waals surface area contributed by atoms with Crippen molar-refractivity contribution in [2.24, 2.45) is 0 Å². The minimum absolute atomic E-state index is 0.184. The van der Waals surface area contributed by atoms with Crippen molar-refractivity contribution in [3.05, 3.63) is 53.1 Å². The molecule has 0 bridgehead atoms. The van der Waals surface area contributed by atoms with Gasteiger partial charge in [-0.25, -0.2) is 4.39 Å². The molecule has 1 amide bonds. The van der Waals surface area contributed by atoms with Crippen molar-refractivity contribution in [3.63, 3.8) is 0 Å². The van der Waals surface area contributed by atoms with E-state index in [9.17, 15) is 22.4 Å². The summed E-state index contributed by atoms with van der Waals surface area (Å²) < 4.78 is 53.2. The van der Waals surface area contributed by atoms with Crippen molar-refractivity contribution in [2.75, 3.05) is 26.2 Å². The van der Waals surface area contributed by atoms with Gasteiger partial charge in [0, 0.05) is 36.5 Å². The lowest BCUT2D eigenvalue weighted by molar-refractivity contribution is -0.137. The van der Waals surface area contributed by atoms with E-state index in [1.807, 2.05) is 0 Å². The second-order valence-electron chi connectivity index (χ2n) is 8.35. The van der Waals surface area contributed by atoms with Crippen molar-refractivity contribution in [1.82, 2.24) is 14.8 Å². The van der Waals surface area contributed by atoms with Gasteiger partial charge >= 0.3 is 6.18 Å². The number of carbonyl (C=O) groups excluding carboxylic acids is 1. The van der Waals surface area contributed by atoms with Crippen LogP contribution in [0.2, 0.25) is 0 Å². The lowest BCUT2D eigenvalue weighted by Gasteiger charge is -2.36. The first-order valence-electron chi connectivity index (χ1n) is 10.6. The molecule has 2 saturated heterocycles. The average Bonchev–Trinajstić information content (AvgIpc) is 3.28. The third kappa shape index (κ3) is 4.59. The zero-order chi connectivity index (χ0) is 22.2. The van der Waals surface area contributed by atoms with Crippen molar-refractivity contribution in [2.45, 2.75) is 44.8 Å². The zero-order valence-corrected chi connectivity index (χ0v) is 17.4. The predicted octanol–water partition coefficient (Wildman–Crippen LogP) is 4.92. The number of likely N-dealkylation sites (tertiary alicyclic amines) is 2. The van der Waals surface area contributed by atoms with Gasteiger partial charge in [-0.1, -0.05) is 0 Å². The Morgan fingerprint density at radius 1 is 1.06 bits per heavy atom. The van der Waals surface area contributed by atoms with E-state index in [2.05, 4.69) is 9.88 Å². The molecule has 0 spiro atoms. The summed E-state index contributed by atoms with van der Waals surface area (Å²) in [5.74, 6) is -0.953. The van der Waals surface area contributed by atoms with Gasteiger partial charge in [0.05, 0.1) is 5.56 Å². The Labute approximate surface area is 178 Å². The van der Waals surface area contributed by atoms with Crippen molar-refractivity contribution in [1.29, 1.82) is 0 Å². The number of aryl methyl sites for hydroxylation is 1. The quantitative estimate of drug-likeness (QED) is 0.643. The molecule has 2 fully saturated rings. The van der Waals surface area contributed by atoms with Crippen LogP contribution in [0.3, 0.4) is 0 Å². The molecule has 3 heterocycles. The van der Waals surface area contributed by atoms with E-state index in [4.69, 9.17) is 0 Å². The molecule has 0 aliphatic carbocycles. The van der Waals surface area contributed by atoms with Gasteiger partial charge in [0.15, 0.2) is 0 Å². The van der Waals surface area contributed by atoms with Crippen LogP contribution in [0.25, 0.3) is 11.1 Å². The number of alkyl halides is 3. The number of hydrogen-bond donors (Lipinski definition) is 0. The van der Waals surface area contributed by atoms with E-state index < -0.39 is 17.6 Å². The van der Waals surface area contributed by atoms with Gasteiger partial charge in [-0.05, 0) is 75.5 Å². The number of benzene rings is 1. The van der Waals surface area contributed by atoms with Gasteiger partial charge in [-0.3, -0.25) is 9.78 Å². The molecule has 166 valence electrons. The fraction of sp³-hybridized carbons (Fsp3) is 0.478. The first-order valence-corrected chi connectivity index (χ1v) is 10.6. The van der Waals surface area contributed by atoms with Gasteiger partial charge in [0.2, 0.25) is 0 Å². The van der Waals surface area contributed by atoms with Gasteiger partial charge in [0.1, 0.15) is 11.5 Å². The van der Waals surface area contributed by atoms with Crippen molar-refractivity contribution >= 4 is 5.91 Å². The van der Waals surface area contributed by atoms with Crippen molar-refractivity contribution in [3.8, 4) is 11.1 Å². The Kier molecular flexibility index (Phi) is 6.01. The standard InChI is InChI=1S/C23H25F4N3O/c1-15-12-16(19-13-17(23(25,26)27)4-5-20(19)24)14-28-21(15)22(31)30-10-6-18(7-11-30)29-8-2-3-9-29/h4-5,12-14,18H,2-3,6-11H2,1H3. The van der Waals surface area contributed by atoms with Gasteiger partial charge in [0.25, 0.3) is 5.91 Å². The van der Waals surface area contributed by atoms with E-state index in [1.165, 1.54) is 25.1 Å². The maximum absolute atomic E-state index is 14.2. The molecule has 0 radical (unpaired) electrons. The number of halogens is 4.